The summed E-state index contributed by atoms with van der Waals surface area (Å²) >= 11 is 0.931. The maximum absolute atomic E-state index is 11.8. The SMILES string of the molecule is Cc1c(N)nsc1NCC(F)(F)F. The molecule has 0 spiro atoms. The fraction of sp³-hybridized carbons (Fsp3) is 0.500. The van der Waals surface area contributed by atoms with E-state index in [-0.39, 0.29) is 5.82 Å². The minimum Gasteiger partial charge on any atom is -0.383 e. The van der Waals surface area contributed by atoms with Crippen molar-refractivity contribution in [3.8, 4) is 0 Å². The lowest BCUT2D eigenvalue weighted by Crippen LogP contribution is -2.21. The third kappa shape index (κ3) is 2.76. The molecule has 1 aromatic heterocycles. The second kappa shape index (κ2) is 3.41. The molecule has 1 heterocycles. The van der Waals surface area contributed by atoms with Gasteiger partial charge in [0.1, 0.15) is 17.4 Å². The molecule has 0 radical (unpaired) electrons. The Bertz CT molecular complexity index is 294. The normalized spacial score (nSPS) is 11.7. The van der Waals surface area contributed by atoms with Crippen molar-refractivity contribution in [3.05, 3.63) is 5.56 Å². The lowest BCUT2D eigenvalue weighted by atomic mass is 10.3. The maximum Gasteiger partial charge on any atom is 0.405 e. The van der Waals surface area contributed by atoms with Crippen LogP contribution in [-0.4, -0.2) is 17.1 Å². The number of hydrogen-bond acceptors (Lipinski definition) is 4. The third-order valence-electron chi connectivity index (χ3n) is 1.41. The molecule has 0 aliphatic carbocycles. The highest BCUT2D eigenvalue weighted by atomic mass is 32.1. The monoisotopic (exact) mass is 211 g/mol. The van der Waals surface area contributed by atoms with Gasteiger partial charge >= 0.3 is 6.18 Å². The van der Waals surface area contributed by atoms with E-state index in [0.717, 1.165) is 11.5 Å². The van der Waals surface area contributed by atoms with Gasteiger partial charge in [0.05, 0.1) is 0 Å². The molecule has 0 fully saturated rings. The van der Waals surface area contributed by atoms with Gasteiger partial charge in [-0.2, -0.15) is 17.5 Å². The Hall–Kier alpha value is -0.980. The number of nitrogen functional groups attached to an aromatic ring is 1. The maximum atomic E-state index is 11.8. The molecule has 0 aromatic carbocycles. The van der Waals surface area contributed by atoms with Gasteiger partial charge in [0, 0.05) is 5.56 Å². The average Bonchev–Trinajstić information content (AvgIpc) is 2.29. The van der Waals surface area contributed by atoms with Gasteiger partial charge in [-0.25, -0.2) is 0 Å². The molecule has 1 rings (SSSR count). The lowest BCUT2D eigenvalue weighted by molar-refractivity contribution is -0.115. The number of anilines is 2. The van der Waals surface area contributed by atoms with Gasteiger partial charge < -0.3 is 11.1 Å². The number of alkyl halides is 3. The van der Waals surface area contributed by atoms with Crippen LogP contribution >= 0.6 is 11.5 Å². The quantitative estimate of drug-likeness (QED) is 0.786. The van der Waals surface area contributed by atoms with E-state index in [0.29, 0.717) is 10.6 Å². The van der Waals surface area contributed by atoms with Gasteiger partial charge in [-0.15, -0.1) is 0 Å². The Morgan fingerprint density at radius 3 is 2.54 bits per heavy atom. The smallest absolute Gasteiger partial charge is 0.383 e. The molecule has 7 heteroatoms. The minimum absolute atomic E-state index is 0.273. The topological polar surface area (TPSA) is 50.9 Å². The van der Waals surface area contributed by atoms with E-state index in [1.54, 1.807) is 6.92 Å². The molecule has 74 valence electrons. The average molecular weight is 211 g/mol. The van der Waals surface area contributed by atoms with E-state index in [9.17, 15) is 13.2 Å². The zero-order valence-electron chi connectivity index (χ0n) is 6.77. The van der Waals surface area contributed by atoms with Gasteiger partial charge in [0.15, 0.2) is 0 Å². The van der Waals surface area contributed by atoms with Gasteiger partial charge in [-0.1, -0.05) is 0 Å². The first kappa shape index (κ1) is 10.1. The number of nitrogens with two attached hydrogens (primary N) is 1. The Labute approximate surface area is 76.9 Å². The second-order valence-electron chi connectivity index (χ2n) is 2.49. The molecule has 13 heavy (non-hydrogen) atoms. The summed E-state index contributed by atoms with van der Waals surface area (Å²) in [4.78, 5) is 0. The summed E-state index contributed by atoms with van der Waals surface area (Å²) in [6.45, 7) is 0.563. The molecule has 1 aromatic rings. The summed E-state index contributed by atoms with van der Waals surface area (Å²) in [6.07, 6.45) is -4.22. The van der Waals surface area contributed by atoms with E-state index in [1.807, 2.05) is 0 Å². The molecular formula is C6H8F3N3S. The number of halogens is 3. The number of rotatable bonds is 2. The molecule has 0 saturated heterocycles. The van der Waals surface area contributed by atoms with Crippen LogP contribution in [-0.2, 0) is 0 Å². The predicted molar refractivity (Wildman–Crippen MR) is 45.8 cm³/mol. The number of aromatic nitrogens is 1. The Morgan fingerprint density at radius 1 is 1.54 bits per heavy atom. The van der Waals surface area contributed by atoms with Gasteiger partial charge in [-0.05, 0) is 18.5 Å². The van der Waals surface area contributed by atoms with Crippen LogP contribution in [0.2, 0.25) is 0 Å². The van der Waals surface area contributed by atoms with Gasteiger partial charge in [0.25, 0.3) is 0 Å². The highest BCUT2D eigenvalue weighted by Gasteiger charge is 2.27. The largest absolute Gasteiger partial charge is 0.405 e. The van der Waals surface area contributed by atoms with Crippen LogP contribution < -0.4 is 11.1 Å². The fourth-order valence-electron chi connectivity index (χ4n) is 0.693. The fourth-order valence-corrected chi connectivity index (χ4v) is 1.40. The molecule has 0 atom stereocenters. The molecule has 0 saturated carbocycles. The first-order valence-corrected chi connectivity index (χ1v) is 4.20. The Balaban J connectivity index is 2.60. The summed E-state index contributed by atoms with van der Waals surface area (Å²) in [5.41, 5.74) is 5.92. The van der Waals surface area contributed by atoms with Crippen molar-refractivity contribution in [3.63, 3.8) is 0 Å². The van der Waals surface area contributed by atoms with E-state index in [2.05, 4.69) is 9.69 Å². The van der Waals surface area contributed by atoms with E-state index >= 15 is 0 Å². The zero-order chi connectivity index (χ0) is 10.1. The van der Waals surface area contributed by atoms with E-state index in [4.69, 9.17) is 5.73 Å². The van der Waals surface area contributed by atoms with Crippen molar-refractivity contribution < 1.29 is 13.2 Å². The summed E-state index contributed by atoms with van der Waals surface area (Å²) < 4.78 is 39.0. The number of nitrogens with zero attached hydrogens (tertiary/aromatic N) is 1. The summed E-state index contributed by atoms with van der Waals surface area (Å²) in [6, 6.07) is 0. The molecule has 3 N–H and O–H groups in total. The highest BCUT2D eigenvalue weighted by molar-refractivity contribution is 7.10. The van der Waals surface area contributed by atoms with Crippen LogP contribution in [0.1, 0.15) is 5.56 Å². The molecule has 0 amide bonds. The molecular weight excluding hydrogens is 203 g/mol. The summed E-state index contributed by atoms with van der Waals surface area (Å²) in [5.74, 6) is 0.273. The van der Waals surface area contributed by atoms with E-state index in [1.165, 1.54) is 0 Å². The van der Waals surface area contributed by atoms with Crippen molar-refractivity contribution in [2.75, 3.05) is 17.6 Å². The molecule has 3 nitrogen and oxygen atoms in total. The predicted octanol–water partition coefficient (Wildman–Crippen LogP) is 2.01. The second-order valence-corrected chi connectivity index (χ2v) is 3.26. The molecule has 0 bridgehead atoms. The molecule has 0 unspecified atom stereocenters. The van der Waals surface area contributed by atoms with Crippen LogP contribution in [0.4, 0.5) is 24.0 Å². The summed E-state index contributed by atoms with van der Waals surface area (Å²) in [7, 11) is 0. The minimum atomic E-state index is -4.22. The van der Waals surface area contributed by atoms with Crippen LogP contribution in [0, 0.1) is 6.92 Å². The van der Waals surface area contributed by atoms with Crippen molar-refractivity contribution >= 4 is 22.4 Å². The van der Waals surface area contributed by atoms with Gasteiger partial charge in [-0.3, -0.25) is 0 Å². The Morgan fingerprint density at radius 2 is 2.15 bits per heavy atom. The first-order valence-electron chi connectivity index (χ1n) is 3.42. The number of hydrogen-bond donors (Lipinski definition) is 2. The van der Waals surface area contributed by atoms with Crippen LogP contribution in [0.3, 0.4) is 0 Å². The lowest BCUT2D eigenvalue weighted by Gasteiger charge is -2.07. The standard InChI is InChI=1S/C6H8F3N3S/c1-3-4(10)12-13-5(3)11-2-6(7,8)9/h11H,2H2,1H3,(H2,10,12). The van der Waals surface area contributed by atoms with E-state index < -0.39 is 12.7 Å². The number of nitrogens with one attached hydrogen (secondary N) is 1. The molecule has 0 aliphatic heterocycles. The third-order valence-corrected chi connectivity index (χ3v) is 2.33. The van der Waals surface area contributed by atoms with Crippen molar-refractivity contribution in [1.29, 1.82) is 0 Å². The van der Waals surface area contributed by atoms with Gasteiger partial charge in [0.2, 0.25) is 0 Å². The van der Waals surface area contributed by atoms with Crippen molar-refractivity contribution in [2.24, 2.45) is 0 Å². The summed E-state index contributed by atoms with van der Waals surface area (Å²) in [5, 5.41) is 2.59. The van der Waals surface area contributed by atoms with Crippen LogP contribution in [0.5, 0.6) is 0 Å². The first-order chi connectivity index (χ1) is 5.90. The highest BCUT2D eigenvalue weighted by Crippen LogP contribution is 2.26. The Kier molecular flexibility index (Phi) is 2.65. The zero-order valence-corrected chi connectivity index (χ0v) is 7.59. The van der Waals surface area contributed by atoms with Crippen LogP contribution in [0.25, 0.3) is 0 Å². The van der Waals surface area contributed by atoms with Crippen LogP contribution in [0.15, 0.2) is 0 Å². The molecule has 0 aliphatic rings. The van der Waals surface area contributed by atoms with Crippen molar-refractivity contribution in [2.45, 2.75) is 13.1 Å². The van der Waals surface area contributed by atoms with Crippen molar-refractivity contribution in [1.82, 2.24) is 4.37 Å².